The zero-order chi connectivity index (χ0) is 11.3. The molecule has 2 nitrogen and oxygen atoms in total. The van der Waals surface area contributed by atoms with Gasteiger partial charge in [0.15, 0.2) is 0 Å². The van der Waals surface area contributed by atoms with E-state index in [2.05, 4.69) is 49.7 Å². The van der Waals surface area contributed by atoms with E-state index in [1.54, 1.807) is 0 Å². The Morgan fingerprint density at radius 2 is 1.88 bits per heavy atom. The molecule has 0 bridgehead atoms. The van der Waals surface area contributed by atoms with Gasteiger partial charge in [0.2, 0.25) is 0 Å². The van der Waals surface area contributed by atoms with Crippen LogP contribution in [0.4, 0.5) is 0 Å². The van der Waals surface area contributed by atoms with Crippen molar-refractivity contribution in [1.82, 2.24) is 9.55 Å². The normalized spacial score (nSPS) is 11.4. The third kappa shape index (κ3) is 1.10. The van der Waals surface area contributed by atoms with Gasteiger partial charge in [-0.15, -0.1) is 0 Å². The van der Waals surface area contributed by atoms with Crippen LogP contribution in [0.3, 0.4) is 0 Å². The van der Waals surface area contributed by atoms with Crippen molar-refractivity contribution in [3.8, 4) is 11.4 Å². The fourth-order valence-corrected chi connectivity index (χ4v) is 2.35. The van der Waals surface area contributed by atoms with Gasteiger partial charge in [-0.1, -0.05) is 18.2 Å². The van der Waals surface area contributed by atoms with Crippen LogP contribution in [0.25, 0.3) is 22.3 Å². The van der Waals surface area contributed by atoms with Gasteiger partial charge in [0, 0.05) is 23.7 Å². The van der Waals surface area contributed by atoms with Gasteiger partial charge in [-0.25, -0.2) is 4.98 Å². The monoisotopic (exact) mass is 210 g/mol. The molecule has 0 amide bonds. The lowest BCUT2D eigenvalue weighted by Gasteiger charge is -2.12. The molecule has 80 valence electrons. The number of fused-ring (bicyclic) bond motifs is 3. The van der Waals surface area contributed by atoms with E-state index in [1.807, 2.05) is 6.07 Å². The second-order valence-electron chi connectivity index (χ2n) is 4.36. The second kappa shape index (κ2) is 3.08. The first-order valence-corrected chi connectivity index (χ1v) is 5.50. The van der Waals surface area contributed by atoms with Crippen LogP contribution in [0.1, 0.15) is 11.3 Å². The first kappa shape index (κ1) is 9.40. The number of benzene rings is 1. The zero-order valence-electron chi connectivity index (χ0n) is 9.78. The molecular formula is C14H14N2. The number of aromatic nitrogens is 2. The van der Waals surface area contributed by atoms with Crippen molar-refractivity contribution >= 4 is 10.9 Å². The Balaban J connectivity index is 2.57. The molecule has 0 fully saturated rings. The second-order valence-corrected chi connectivity index (χ2v) is 4.36. The van der Waals surface area contributed by atoms with Gasteiger partial charge in [-0.05, 0) is 31.5 Å². The SMILES string of the molecule is Cc1cc(C)n(C)c2nc3ccccc3c1-2. The van der Waals surface area contributed by atoms with Crippen LogP contribution in [0.5, 0.6) is 0 Å². The summed E-state index contributed by atoms with van der Waals surface area (Å²) in [6, 6.07) is 10.5. The van der Waals surface area contributed by atoms with E-state index >= 15 is 0 Å². The van der Waals surface area contributed by atoms with E-state index in [1.165, 1.54) is 22.2 Å². The highest BCUT2D eigenvalue weighted by atomic mass is 15.0. The van der Waals surface area contributed by atoms with Crippen molar-refractivity contribution in [2.24, 2.45) is 7.05 Å². The Morgan fingerprint density at radius 3 is 2.69 bits per heavy atom. The highest BCUT2D eigenvalue weighted by Gasteiger charge is 2.16. The summed E-state index contributed by atoms with van der Waals surface area (Å²) in [6.45, 7) is 4.27. The zero-order valence-corrected chi connectivity index (χ0v) is 9.78. The molecule has 0 N–H and O–H groups in total. The van der Waals surface area contributed by atoms with Crippen LogP contribution >= 0.6 is 0 Å². The molecule has 0 aliphatic carbocycles. The van der Waals surface area contributed by atoms with Crippen LogP contribution in [0.15, 0.2) is 30.3 Å². The molecule has 1 aromatic carbocycles. The quantitative estimate of drug-likeness (QED) is 0.556. The maximum Gasteiger partial charge on any atom is 0.141 e. The maximum absolute atomic E-state index is 4.70. The molecule has 2 heterocycles. The number of pyridine rings is 1. The summed E-state index contributed by atoms with van der Waals surface area (Å²) in [4.78, 5) is 4.70. The van der Waals surface area contributed by atoms with E-state index in [-0.39, 0.29) is 0 Å². The number of para-hydroxylation sites is 1. The van der Waals surface area contributed by atoms with Gasteiger partial charge in [-0.2, -0.15) is 0 Å². The predicted octanol–water partition coefficient (Wildman–Crippen LogP) is 3.29. The molecule has 0 atom stereocenters. The van der Waals surface area contributed by atoms with Gasteiger partial charge < -0.3 is 4.57 Å². The van der Waals surface area contributed by atoms with Crippen molar-refractivity contribution in [3.05, 3.63) is 41.6 Å². The highest BCUT2D eigenvalue weighted by molar-refractivity contribution is 5.97. The van der Waals surface area contributed by atoms with Crippen LogP contribution < -0.4 is 0 Å². The summed E-state index contributed by atoms with van der Waals surface area (Å²) in [6.07, 6.45) is 0. The molecule has 0 saturated heterocycles. The van der Waals surface area contributed by atoms with E-state index in [9.17, 15) is 0 Å². The molecule has 0 unspecified atom stereocenters. The summed E-state index contributed by atoms with van der Waals surface area (Å²) in [7, 11) is 2.07. The maximum atomic E-state index is 4.70. The minimum absolute atomic E-state index is 1.08. The molecule has 1 aromatic rings. The average Bonchev–Trinajstić information content (AvgIpc) is 2.65. The molecular weight excluding hydrogens is 196 g/mol. The molecule has 0 saturated carbocycles. The Kier molecular flexibility index (Phi) is 1.81. The number of rotatable bonds is 0. The van der Waals surface area contributed by atoms with Crippen molar-refractivity contribution in [3.63, 3.8) is 0 Å². The Bertz CT molecular complexity index is 649. The fraction of sp³-hybridized carbons (Fsp3) is 0.214. The number of hydrogen-bond acceptors (Lipinski definition) is 1. The van der Waals surface area contributed by atoms with E-state index in [4.69, 9.17) is 4.98 Å². The van der Waals surface area contributed by atoms with Gasteiger partial charge in [0.25, 0.3) is 0 Å². The van der Waals surface area contributed by atoms with Crippen molar-refractivity contribution in [2.75, 3.05) is 0 Å². The Labute approximate surface area is 94.9 Å². The summed E-state index contributed by atoms with van der Waals surface area (Å²) in [5.74, 6) is 1.08. The van der Waals surface area contributed by atoms with Crippen molar-refractivity contribution in [2.45, 2.75) is 13.8 Å². The Morgan fingerprint density at radius 1 is 1.12 bits per heavy atom. The predicted molar refractivity (Wildman–Crippen MR) is 66.8 cm³/mol. The average molecular weight is 210 g/mol. The van der Waals surface area contributed by atoms with Crippen LogP contribution in [-0.4, -0.2) is 9.55 Å². The summed E-state index contributed by atoms with van der Waals surface area (Å²) >= 11 is 0. The lowest BCUT2D eigenvalue weighted by Crippen LogP contribution is -2.03. The molecule has 0 spiro atoms. The lowest BCUT2D eigenvalue weighted by molar-refractivity contribution is 0.845. The number of nitrogens with zero attached hydrogens (tertiary/aromatic N) is 2. The molecule has 2 heteroatoms. The van der Waals surface area contributed by atoms with Crippen molar-refractivity contribution in [1.29, 1.82) is 0 Å². The summed E-state index contributed by atoms with van der Waals surface area (Å²) < 4.78 is 2.16. The first-order chi connectivity index (χ1) is 7.68. The number of aryl methyl sites for hydroxylation is 2. The minimum atomic E-state index is 1.08. The number of hydrogen-bond donors (Lipinski definition) is 0. The van der Waals surface area contributed by atoms with Gasteiger partial charge in [-0.3, -0.25) is 0 Å². The summed E-state index contributed by atoms with van der Waals surface area (Å²) in [5, 5.41) is 1.26. The minimum Gasteiger partial charge on any atom is -0.333 e. The summed E-state index contributed by atoms with van der Waals surface area (Å²) in [5.41, 5.74) is 4.91. The smallest absolute Gasteiger partial charge is 0.141 e. The van der Waals surface area contributed by atoms with E-state index in [0.29, 0.717) is 0 Å². The Hall–Kier alpha value is -1.83. The third-order valence-corrected chi connectivity index (χ3v) is 3.29. The molecule has 3 rings (SSSR count). The standard InChI is InChI=1S/C14H14N2/c1-9-8-10(2)16(3)14-13(9)11-6-4-5-7-12(11)15-14/h4-8H,1-3H3. The van der Waals surface area contributed by atoms with Crippen LogP contribution in [0, 0.1) is 13.8 Å². The fourth-order valence-electron chi connectivity index (χ4n) is 2.35. The highest BCUT2D eigenvalue weighted by Crippen LogP contribution is 2.33. The van der Waals surface area contributed by atoms with E-state index in [0.717, 1.165) is 11.3 Å². The first-order valence-electron chi connectivity index (χ1n) is 5.50. The largest absolute Gasteiger partial charge is 0.333 e. The molecule has 2 aliphatic rings. The van der Waals surface area contributed by atoms with E-state index < -0.39 is 0 Å². The van der Waals surface area contributed by atoms with Crippen LogP contribution in [-0.2, 0) is 7.05 Å². The lowest BCUT2D eigenvalue weighted by atomic mass is 10.0. The topological polar surface area (TPSA) is 17.8 Å². The molecule has 0 radical (unpaired) electrons. The molecule has 16 heavy (non-hydrogen) atoms. The van der Waals surface area contributed by atoms with Gasteiger partial charge >= 0.3 is 0 Å². The molecule has 0 aromatic heterocycles. The molecule has 2 aliphatic heterocycles. The van der Waals surface area contributed by atoms with Crippen LogP contribution in [0.2, 0.25) is 0 Å². The van der Waals surface area contributed by atoms with Gasteiger partial charge in [0.05, 0.1) is 5.52 Å². The van der Waals surface area contributed by atoms with Crippen molar-refractivity contribution < 1.29 is 0 Å². The van der Waals surface area contributed by atoms with Gasteiger partial charge in [0.1, 0.15) is 5.82 Å². The third-order valence-electron chi connectivity index (χ3n) is 3.29.